The molecule has 0 aliphatic rings. The van der Waals surface area contributed by atoms with Crippen molar-refractivity contribution in [1.29, 1.82) is 0 Å². The van der Waals surface area contributed by atoms with Gasteiger partial charge in [0.2, 0.25) is 0 Å². The number of aromatic nitrogens is 2. The summed E-state index contributed by atoms with van der Waals surface area (Å²) in [6.45, 7) is 0. The first-order chi connectivity index (χ1) is 9.25. The molecule has 0 bridgehead atoms. The van der Waals surface area contributed by atoms with Gasteiger partial charge in [0.15, 0.2) is 0 Å². The molecule has 0 aliphatic carbocycles. The second-order valence-electron chi connectivity index (χ2n) is 3.66. The van der Waals surface area contributed by atoms with Crippen molar-refractivity contribution in [3.63, 3.8) is 0 Å². The van der Waals surface area contributed by atoms with E-state index in [2.05, 4.69) is 10.2 Å². The molecule has 0 unspecified atom stereocenters. The number of nitrogens with zero attached hydrogens (tertiary/aromatic N) is 3. The van der Waals surface area contributed by atoms with Crippen molar-refractivity contribution in [2.24, 2.45) is 0 Å². The first-order valence-electron chi connectivity index (χ1n) is 5.37. The van der Waals surface area contributed by atoms with Crippen LogP contribution >= 0.6 is 11.3 Å². The van der Waals surface area contributed by atoms with Gasteiger partial charge in [-0.2, -0.15) is 0 Å². The lowest BCUT2D eigenvalue weighted by Crippen LogP contribution is -1.91. The number of hydrogen-bond donors (Lipinski definition) is 0. The van der Waals surface area contributed by atoms with Crippen LogP contribution in [-0.4, -0.2) is 15.1 Å². The molecule has 0 spiro atoms. The quantitative estimate of drug-likeness (QED) is 0.539. The maximum atomic E-state index is 10.9. The third-order valence-electron chi connectivity index (χ3n) is 2.49. The van der Waals surface area contributed by atoms with Gasteiger partial charge in [-0.25, -0.2) is 0 Å². The van der Waals surface area contributed by atoms with E-state index in [0.717, 1.165) is 4.88 Å². The second-order valence-corrected chi connectivity index (χ2v) is 4.61. The number of rotatable bonds is 3. The fourth-order valence-corrected chi connectivity index (χ4v) is 2.29. The van der Waals surface area contributed by atoms with Crippen LogP contribution in [0.2, 0.25) is 0 Å². The Balaban J connectivity index is 2.06. The van der Waals surface area contributed by atoms with E-state index >= 15 is 0 Å². The summed E-state index contributed by atoms with van der Waals surface area (Å²) in [5, 5.41) is 20.6. The number of hydrogen-bond acceptors (Lipinski definition) is 6. The molecule has 0 atom stereocenters. The van der Waals surface area contributed by atoms with Crippen molar-refractivity contribution in [3.8, 4) is 22.2 Å². The molecule has 3 aromatic rings. The molecule has 2 heterocycles. The van der Waals surface area contributed by atoms with Gasteiger partial charge in [0.1, 0.15) is 5.56 Å². The van der Waals surface area contributed by atoms with Crippen LogP contribution in [0.3, 0.4) is 0 Å². The Hall–Kier alpha value is -2.54. The molecule has 6 nitrogen and oxygen atoms in total. The SMILES string of the molecule is O=[N+]([O-])c1ccccc1-c1nnc(-c2cccs2)o1. The van der Waals surface area contributed by atoms with Crippen molar-refractivity contribution < 1.29 is 9.34 Å². The van der Waals surface area contributed by atoms with Crippen LogP contribution in [0.5, 0.6) is 0 Å². The van der Waals surface area contributed by atoms with E-state index in [1.807, 2.05) is 17.5 Å². The number of para-hydroxylation sites is 1. The minimum Gasteiger partial charge on any atom is -0.415 e. The van der Waals surface area contributed by atoms with Gasteiger partial charge in [-0.1, -0.05) is 18.2 Å². The van der Waals surface area contributed by atoms with E-state index in [9.17, 15) is 10.1 Å². The van der Waals surface area contributed by atoms with Gasteiger partial charge in [-0.05, 0) is 17.5 Å². The highest BCUT2D eigenvalue weighted by atomic mass is 32.1. The molecule has 0 fully saturated rings. The molecule has 1 aromatic carbocycles. The molecule has 2 aromatic heterocycles. The number of nitro benzene ring substituents is 1. The first-order valence-corrected chi connectivity index (χ1v) is 6.25. The third kappa shape index (κ3) is 2.11. The minimum absolute atomic E-state index is 0.0520. The standard InChI is InChI=1S/C12H7N3O3S/c16-15(17)9-5-2-1-4-8(9)11-13-14-12(18-11)10-6-3-7-19-10/h1-7H. The van der Waals surface area contributed by atoms with Crippen LogP contribution in [0.25, 0.3) is 22.2 Å². The molecule has 0 aliphatic heterocycles. The minimum atomic E-state index is -0.468. The van der Waals surface area contributed by atoms with Gasteiger partial charge >= 0.3 is 0 Å². The molecular weight excluding hydrogens is 266 g/mol. The van der Waals surface area contributed by atoms with Crippen LogP contribution < -0.4 is 0 Å². The van der Waals surface area contributed by atoms with Crippen LogP contribution in [0.4, 0.5) is 5.69 Å². The summed E-state index contributed by atoms with van der Waals surface area (Å²) in [7, 11) is 0. The highest BCUT2D eigenvalue weighted by Gasteiger charge is 2.20. The summed E-state index contributed by atoms with van der Waals surface area (Å²) in [5.74, 6) is 0.513. The number of benzene rings is 1. The largest absolute Gasteiger partial charge is 0.415 e. The molecule has 3 rings (SSSR count). The van der Waals surface area contributed by atoms with Crippen LogP contribution in [0.15, 0.2) is 46.2 Å². The van der Waals surface area contributed by atoms with Crippen LogP contribution in [-0.2, 0) is 0 Å². The normalized spacial score (nSPS) is 10.5. The lowest BCUT2D eigenvalue weighted by molar-refractivity contribution is -0.384. The Morgan fingerprint density at radius 1 is 1.11 bits per heavy atom. The van der Waals surface area contributed by atoms with Crippen molar-refractivity contribution in [1.82, 2.24) is 10.2 Å². The van der Waals surface area contributed by atoms with Crippen molar-refractivity contribution in [3.05, 3.63) is 51.9 Å². The Labute approximate surface area is 111 Å². The molecule has 0 amide bonds. The van der Waals surface area contributed by atoms with Crippen molar-refractivity contribution in [2.45, 2.75) is 0 Å². The molecule has 7 heteroatoms. The average molecular weight is 273 g/mol. The highest BCUT2D eigenvalue weighted by Crippen LogP contribution is 2.31. The molecule has 0 saturated carbocycles. The Morgan fingerprint density at radius 2 is 1.89 bits per heavy atom. The van der Waals surface area contributed by atoms with Gasteiger partial charge in [-0.3, -0.25) is 10.1 Å². The van der Waals surface area contributed by atoms with E-state index in [1.165, 1.54) is 17.4 Å². The maximum absolute atomic E-state index is 10.9. The Morgan fingerprint density at radius 3 is 2.63 bits per heavy atom. The molecule has 94 valence electrons. The second kappa shape index (κ2) is 4.62. The summed E-state index contributed by atoms with van der Waals surface area (Å²) in [4.78, 5) is 11.3. The topological polar surface area (TPSA) is 82.1 Å². The summed E-state index contributed by atoms with van der Waals surface area (Å²) in [6.07, 6.45) is 0. The Bertz CT molecular complexity index is 721. The van der Waals surface area contributed by atoms with Crippen LogP contribution in [0, 0.1) is 10.1 Å². The fourth-order valence-electron chi connectivity index (χ4n) is 1.65. The lowest BCUT2D eigenvalue weighted by atomic mass is 10.2. The molecule has 0 radical (unpaired) electrons. The zero-order chi connectivity index (χ0) is 13.2. The first kappa shape index (κ1) is 11.5. The van der Waals surface area contributed by atoms with Gasteiger partial charge in [0.25, 0.3) is 17.5 Å². The third-order valence-corrected chi connectivity index (χ3v) is 3.35. The highest BCUT2D eigenvalue weighted by molar-refractivity contribution is 7.13. The van der Waals surface area contributed by atoms with E-state index < -0.39 is 4.92 Å². The number of thiophene rings is 1. The molecule has 0 saturated heterocycles. The number of nitro groups is 1. The van der Waals surface area contributed by atoms with Gasteiger partial charge in [-0.15, -0.1) is 21.5 Å². The van der Waals surface area contributed by atoms with Gasteiger partial charge in [0, 0.05) is 6.07 Å². The molecule has 19 heavy (non-hydrogen) atoms. The van der Waals surface area contributed by atoms with E-state index in [1.54, 1.807) is 18.2 Å². The predicted octanol–water partition coefficient (Wildman–Crippen LogP) is 3.37. The van der Waals surface area contributed by atoms with E-state index in [-0.39, 0.29) is 11.6 Å². The lowest BCUT2D eigenvalue weighted by Gasteiger charge is -1.96. The zero-order valence-electron chi connectivity index (χ0n) is 9.52. The fraction of sp³-hybridized carbons (Fsp3) is 0. The van der Waals surface area contributed by atoms with E-state index in [4.69, 9.17) is 4.42 Å². The summed E-state index contributed by atoms with van der Waals surface area (Å²) >= 11 is 1.46. The average Bonchev–Trinajstić information content (AvgIpc) is 3.09. The summed E-state index contributed by atoms with van der Waals surface area (Å²) < 4.78 is 5.49. The molecule has 0 N–H and O–H groups in total. The van der Waals surface area contributed by atoms with Crippen LogP contribution in [0.1, 0.15) is 0 Å². The monoisotopic (exact) mass is 273 g/mol. The maximum Gasteiger partial charge on any atom is 0.282 e. The van der Waals surface area contributed by atoms with Gasteiger partial charge < -0.3 is 4.42 Å². The molecular formula is C12H7N3O3S. The van der Waals surface area contributed by atoms with E-state index in [0.29, 0.717) is 11.5 Å². The predicted molar refractivity (Wildman–Crippen MR) is 69.7 cm³/mol. The smallest absolute Gasteiger partial charge is 0.282 e. The van der Waals surface area contributed by atoms with Crippen molar-refractivity contribution >= 4 is 17.0 Å². The van der Waals surface area contributed by atoms with Gasteiger partial charge in [0.05, 0.1) is 9.80 Å². The zero-order valence-corrected chi connectivity index (χ0v) is 10.3. The Kier molecular flexibility index (Phi) is 2.81. The summed E-state index contributed by atoms with van der Waals surface area (Å²) in [6, 6.07) is 10.00. The summed E-state index contributed by atoms with van der Waals surface area (Å²) in [5.41, 5.74) is 0.270. The van der Waals surface area contributed by atoms with Crippen molar-refractivity contribution in [2.75, 3.05) is 0 Å².